The molecule has 0 fully saturated rings. The van der Waals surface area contributed by atoms with E-state index in [2.05, 4.69) is 6.08 Å². The lowest BCUT2D eigenvalue weighted by Gasteiger charge is -2.13. The van der Waals surface area contributed by atoms with Crippen molar-refractivity contribution in [2.45, 2.75) is 19.4 Å². The van der Waals surface area contributed by atoms with Gasteiger partial charge in [-0.1, -0.05) is 41.9 Å². The number of esters is 1. The molecule has 2 aliphatic rings. The van der Waals surface area contributed by atoms with E-state index in [0.717, 1.165) is 34.6 Å². The van der Waals surface area contributed by atoms with Crippen LogP contribution in [0, 0.1) is 5.82 Å². The van der Waals surface area contributed by atoms with Gasteiger partial charge < -0.3 is 14.2 Å². The molecule has 174 valence electrons. The van der Waals surface area contributed by atoms with Crippen LogP contribution in [0.1, 0.15) is 39.2 Å². The molecule has 0 bridgehead atoms. The van der Waals surface area contributed by atoms with Crippen molar-refractivity contribution in [2.75, 3.05) is 6.79 Å². The fourth-order valence-electron chi connectivity index (χ4n) is 4.60. The molecule has 1 aliphatic carbocycles. The largest absolute Gasteiger partial charge is 0.457 e. The van der Waals surface area contributed by atoms with Gasteiger partial charge >= 0.3 is 5.97 Å². The predicted molar refractivity (Wildman–Crippen MR) is 131 cm³/mol. The maximum atomic E-state index is 14.2. The van der Waals surface area contributed by atoms with Crippen molar-refractivity contribution in [1.29, 1.82) is 0 Å². The molecule has 2 heterocycles. The SMILES string of the molecule is O=C(OCc1c(F)cccc1Cl)c1c2c(nc3ccccc13)C(=Cc1ccc3c(c1)OCO3)CC2. The lowest BCUT2D eigenvalue weighted by atomic mass is 10.0. The van der Waals surface area contributed by atoms with Crippen LogP contribution in [0.2, 0.25) is 5.02 Å². The first-order chi connectivity index (χ1) is 17.1. The van der Waals surface area contributed by atoms with E-state index in [4.69, 9.17) is 30.8 Å². The van der Waals surface area contributed by atoms with Crippen molar-refractivity contribution in [3.05, 3.63) is 99.5 Å². The molecule has 0 saturated heterocycles. The first-order valence-corrected chi connectivity index (χ1v) is 11.6. The molecule has 0 spiro atoms. The van der Waals surface area contributed by atoms with Gasteiger partial charge in [0.1, 0.15) is 12.4 Å². The lowest BCUT2D eigenvalue weighted by Crippen LogP contribution is -2.11. The molecule has 0 radical (unpaired) electrons. The van der Waals surface area contributed by atoms with Crippen molar-refractivity contribution in [3.8, 4) is 11.5 Å². The number of ether oxygens (including phenoxy) is 3. The summed E-state index contributed by atoms with van der Waals surface area (Å²) < 4.78 is 30.7. The molecule has 0 amide bonds. The average Bonchev–Trinajstić information content (AvgIpc) is 3.49. The number of fused-ring (bicyclic) bond motifs is 3. The topological polar surface area (TPSA) is 57.7 Å². The van der Waals surface area contributed by atoms with Crippen molar-refractivity contribution in [1.82, 2.24) is 4.98 Å². The van der Waals surface area contributed by atoms with Crippen LogP contribution in [0.3, 0.4) is 0 Å². The molecule has 0 unspecified atom stereocenters. The van der Waals surface area contributed by atoms with Crippen LogP contribution in [0.5, 0.6) is 11.5 Å². The van der Waals surface area contributed by atoms with Gasteiger partial charge in [-0.05, 0) is 65.9 Å². The second-order valence-corrected chi connectivity index (χ2v) is 8.80. The molecule has 0 saturated carbocycles. The third-order valence-corrected chi connectivity index (χ3v) is 6.65. The Bertz CT molecular complexity index is 1510. The molecule has 7 heteroatoms. The van der Waals surface area contributed by atoms with Gasteiger partial charge in [0.15, 0.2) is 11.5 Å². The summed E-state index contributed by atoms with van der Waals surface area (Å²) in [6.07, 6.45) is 3.44. The van der Waals surface area contributed by atoms with E-state index in [1.807, 2.05) is 42.5 Å². The first kappa shape index (κ1) is 21.6. The summed E-state index contributed by atoms with van der Waals surface area (Å²) in [5, 5.41) is 0.928. The van der Waals surface area contributed by atoms with Gasteiger partial charge in [0.25, 0.3) is 0 Å². The van der Waals surface area contributed by atoms with Gasteiger partial charge in [0, 0.05) is 10.9 Å². The Kier molecular flexibility index (Phi) is 5.38. The summed E-state index contributed by atoms with van der Waals surface area (Å²) in [5.74, 6) is 0.399. The number of rotatable bonds is 4. The standard InChI is InChI=1S/C28H19ClFNO4/c29-21-5-3-6-22(30)20(21)14-33-28(32)26-18-4-1-2-7-23(18)31-27-17(9-10-19(26)27)12-16-8-11-24-25(13-16)35-15-34-24/h1-8,11-13H,9-10,14-15H2. The minimum absolute atomic E-state index is 0.154. The van der Waals surface area contributed by atoms with E-state index in [1.165, 1.54) is 12.1 Å². The van der Waals surface area contributed by atoms with Crippen molar-refractivity contribution >= 4 is 40.1 Å². The van der Waals surface area contributed by atoms with Gasteiger partial charge in [-0.3, -0.25) is 0 Å². The van der Waals surface area contributed by atoms with E-state index >= 15 is 0 Å². The molecular weight excluding hydrogens is 469 g/mol. The number of nitrogens with zero attached hydrogens (tertiary/aromatic N) is 1. The van der Waals surface area contributed by atoms with Crippen LogP contribution < -0.4 is 9.47 Å². The smallest absolute Gasteiger partial charge is 0.339 e. The van der Waals surface area contributed by atoms with Gasteiger partial charge in [-0.2, -0.15) is 0 Å². The first-order valence-electron chi connectivity index (χ1n) is 11.2. The van der Waals surface area contributed by atoms with Crippen molar-refractivity contribution in [3.63, 3.8) is 0 Å². The number of carbonyl (C=O) groups excluding carboxylic acids is 1. The molecule has 1 aliphatic heterocycles. The Morgan fingerprint density at radius 1 is 1.06 bits per heavy atom. The van der Waals surface area contributed by atoms with Gasteiger partial charge in [0.2, 0.25) is 6.79 Å². The number of benzene rings is 3. The Labute approximate surface area is 205 Å². The van der Waals surface area contributed by atoms with Crippen LogP contribution in [0.4, 0.5) is 4.39 Å². The average molecular weight is 488 g/mol. The minimum Gasteiger partial charge on any atom is -0.457 e. The second kappa shape index (κ2) is 8.71. The Balaban J connectivity index is 1.39. The predicted octanol–water partition coefficient (Wildman–Crippen LogP) is 6.60. The third kappa shape index (κ3) is 3.90. The molecule has 0 N–H and O–H groups in total. The molecule has 5 nitrogen and oxygen atoms in total. The fraction of sp³-hybridized carbons (Fsp3) is 0.143. The van der Waals surface area contributed by atoms with Crippen LogP contribution in [-0.2, 0) is 17.8 Å². The van der Waals surface area contributed by atoms with Gasteiger partial charge in [-0.25, -0.2) is 14.2 Å². The Hall–Kier alpha value is -3.90. The summed E-state index contributed by atoms with van der Waals surface area (Å²) in [7, 11) is 0. The van der Waals surface area contributed by atoms with Crippen molar-refractivity contribution < 1.29 is 23.4 Å². The number of allylic oxidation sites excluding steroid dienone is 1. The highest BCUT2D eigenvalue weighted by Gasteiger charge is 2.28. The Morgan fingerprint density at radius 2 is 1.91 bits per heavy atom. The van der Waals surface area contributed by atoms with Crippen molar-refractivity contribution in [2.24, 2.45) is 0 Å². The lowest BCUT2D eigenvalue weighted by molar-refractivity contribution is 0.0470. The van der Waals surface area contributed by atoms with Crippen LogP contribution in [0.15, 0.2) is 60.7 Å². The normalized spacial score (nSPS) is 15.0. The molecule has 1 aromatic heterocycles. The zero-order chi connectivity index (χ0) is 23.9. The second-order valence-electron chi connectivity index (χ2n) is 8.39. The maximum Gasteiger partial charge on any atom is 0.339 e. The molecule has 4 aromatic rings. The van der Waals surface area contributed by atoms with Crippen LogP contribution in [-0.4, -0.2) is 17.7 Å². The van der Waals surface area contributed by atoms with Crippen LogP contribution in [0.25, 0.3) is 22.6 Å². The zero-order valence-electron chi connectivity index (χ0n) is 18.5. The molecule has 35 heavy (non-hydrogen) atoms. The number of halogens is 2. The summed E-state index contributed by atoms with van der Waals surface area (Å²) in [5.41, 5.74) is 4.91. The molecule has 0 atom stereocenters. The number of carbonyl (C=O) groups is 1. The summed E-state index contributed by atoms with van der Waals surface area (Å²) in [6.45, 7) is -0.0367. The summed E-state index contributed by atoms with van der Waals surface area (Å²) >= 11 is 6.11. The quantitative estimate of drug-likeness (QED) is 0.303. The Morgan fingerprint density at radius 3 is 2.80 bits per heavy atom. The zero-order valence-corrected chi connectivity index (χ0v) is 19.3. The fourth-order valence-corrected chi connectivity index (χ4v) is 4.81. The third-order valence-electron chi connectivity index (χ3n) is 6.29. The summed E-state index contributed by atoms with van der Waals surface area (Å²) in [4.78, 5) is 18.2. The highest BCUT2D eigenvalue weighted by molar-refractivity contribution is 6.31. The monoisotopic (exact) mass is 487 g/mol. The molecule has 3 aromatic carbocycles. The minimum atomic E-state index is -0.525. The van der Waals surface area contributed by atoms with E-state index in [9.17, 15) is 9.18 Å². The van der Waals surface area contributed by atoms with E-state index < -0.39 is 11.8 Å². The number of hydrogen-bond donors (Lipinski definition) is 0. The number of hydrogen-bond acceptors (Lipinski definition) is 5. The van der Waals surface area contributed by atoms with E-state index in [1.54, 1.807) is 6.07 Å². The maximum absolute atomic E-state index is 14.2. The molecular formula is C28H19ClFNO4. The van der Waals surface area contributed by atoms with Gasteiger partial charge in [-0.15, -0.1) is 0 Å². The number of aromatic nitrogens is 1. The van der Waals surface area contributed by atoms with Crippen LogP contribution >= 0.6 is 11.6 Å². The highest BCUT2D eigenvalue weighted by atomic mass is 35.5. The number of para-hydroxylation sites is 1. The van der Waals surface area contributed by atoms with E-state index in [-0.39, 0.29) is 24.0 Å². The highest BCUT2D eigenvalue weighted by Crippen LogP contribution is 2.39. The van der Waals surface area contributed by atoms with Gasteiger partial charge in [0.05, 0.1) is 21.8 Å². The molecule has 6 rings (SSSR count). The number of pyridine rings is 1. The van der Waals surface area contributed by atoms with E-state index in [0.29, 0.717) is 28.6 Å². The summed E-state index contributed by atoms with van der Waals surface area (Å²) in [6, 6.07) is 17.6.